The first-order chi connectivity index (χ1) is 16.7. The van der Waals surface area contributed by atoms with Crippen LogP contribution in [0.2, 0.25) is 0 Å². The molecular formula is C26H22F3N3O2S. The predicted octanol–water partition coefficient (Wildman–Crippen LogP) is 5.72. The van der Waals surface area contributed by atoms with Crippen molar-refractivity contribution < 1.29 is 22.7 Å². The zero-order valence-corrected chi connectivity index (χ0v) is 19.5. The fourth-order valence-corrected chi connectivity index (χ4v) is 4.04. The summed E-state index contributed by atoms with van der Waals surface area (Å²) < 4.78 is 46.0. The zero-order valence-electron chi connectivity index (χ0n) is 18.6. The number of hydrogen-bond acceptors (Lipinski definition) is 3. The molecule has 1 heterocycles. The van der Waals surface area contributed by atoms with E-state index in [4.69, 9.17) is 17.0 Å². The molecule has 1 unspecified atom stereocenters. The topological polar surface area (TPSA) is 62.4 Å². The minimum atomic E-state index is -4.60. The summed E-state index contributed by atoms with van der Waals surface area (Å²) >= 11 is 5.26. The van der Waals surface area contributed by atoms with E-state index in [0.29, 0.717) is 28.7 Å². The van der Waals surface area contributed by atoms with Crippen LogP contribution < -0.4 is 20.7 Å². The SMILES string of the molecule is CC1=C(C(=O)Nc2ccccc2C(F)(F)F)C(c2ccc(OCc3ccccc3)cc2)NC(=S)N1. The Bertz CT molecular complexity index is 1260. The van der Waals surface area contributed by atoms with E-state index in [1.165, 1.54) is 18.2 Å². The molecule has 0 aliphatic carbocycles. The van der Waals surface area contributed by atoms with E-state index in [1.807, 2.05) is 30.3 Å². The van der Waals surface area contributed by atoms with Crippen LogP contribution in [-0.2, 0) is 17.6 Å². The average Bonchev–Trinajstić information content (AvgIpc) is 2.83. The van der Waals surface area contributed by atoms with Gasteiger partial charge in [-0.3, -0.25) is 4.79 Å². The van der Waals surface area contributed by atoms with Crippen molar-refractivity contribution in [2.45, 2.75) is 25.7 Å². The molecule has 3 aromatic rings. The average molecular weight is 498 g/mol. The molecular weight excluding hydrogens is 475 g/mol. The molecule has 0 spiro atoms. The number of ether oxygens (including phenoxy) is 1. The number of carbonyl (C=O) groups is 1. The molecule has 0 aromatic heterocycles. The molecule has 9 heteroatoms. The number of allylic oxidation sites excluding steroid dienone is 1. The number of rotatable bonds is 6. The lowest BCUT2D eigenvalue weighted by atomic mass is 9.94. The van der Waals surface area contributed by atoms with E-state index in [1.54, 1.807) is 31.2 Å². The number of thiocarbonyl (C=S) groups is 1. The van der Waals surface area contributed by atoms with Crippen LogP contribution in [0.3, 0.4) is 0 Å². The minimum Gasteiger partial charge on any atom is -0.489 e. The molecule has 3 N–H and O–H groups in total. The molecule has 35 heavy (non-hydrogen) atoms. The Kier molecular flexibility index (Phi) is 7.07. The molecule has 0 saturated carbocycles. The monoisotopic (exact) mass is 497 g/mol. The van der Waals surface area contributed by atoms with E-state index in [9.17, 15) is 18.0 Å². The van der Waals surface area contributed by atoms with Crippen molar-refractivity contribution in [1.82, 2.24) is 10.6 Å². The van der Waals surface area contributed by atoms with Gasteiger partial charge in [-0.2, -0.15) is 13.2 Å². The molecule has 1 aliphatic heterocycles. The number of anilines is 1. The smallest absolute Gasteiger partial charge is 0.418 e. The number of benzene rings is 3. The highest BCUT2D eigenvalue weighted by atomic mass is 32.1. The minimum absolute atomic E-state index is 0.230. The highest BCUT2D eigenvalue weighted by Crippen LogP contribution is 2.36. The largest absolute Gasteiger partial charge is 0.489 e. The van der Waals surface area contributed by atoms with Gasteiger partial charge in [0, 0.05) is 5.70 Å². The normalized spacial score (nSPS) is 15.8. The summed E-state index contributed by atoms with van der Waals surface area (Å²) in [5.41, 5.74) is 1.17. The molecule has 1 aliphatic rings. The van der Waals surface area contributed by atoms with E-state index in [0.717, 1.165) is 11.6 Å². The Balaban J connectivity index is 1.56. The Hall–Kier alpha value is -3.85. The van der Waals surface area contributed by atoms with Crippen molar-refractivity contribution in [2.75, 3.05) is 5.32 Å². The fourth-order valence-electron chi connectivity index (χ4n) is 3.77. The summed E-state index contributed by atoms with van der Waals surface area (Å²) in [5, 5.41) is 8.65. The fraction of sp³-hybridized carbons (Fsp3) is 0.154. The van der Waals surface area contributed by atoms with Crippen LogP contribution in [0.15, 0.2) is 90.1 Å². The van der Waals surface area contributed by atoms with Gasteiger partial charge in [0.05, 0.1) is 22.9 Å². The van der Waals surface area contributed by atoms with Crippen molar-refractivity contribution in [3.8, 4) is 5.75 Å². The third-order valence-corrected chi connectivity index (χ3v) is 5.68. The van der Waals surface area contributed by atoms with Crippen LogP contribution in [-0.4, -0.2) is 11.0 Å². The zero-order chi connectivity index (χ0) is 25.0. The Labute approximate surface area is 206 Å². The van der Waals surface area contributed by atoms with Crippen molar-refractivity contribution >= 4 is 28.9 Å². The second-order valence-corrected chi connectivity index (χ2v) is 8.32. The molecule has 0 bridgehead atoms. The summed E-state index contributed by atoms with van der Waals surface area (Å²) in [6.45, 7) is 2.06. The van der Waals surface area contributed by atoms with Gasteiger partial charge in [-0.05, 0) is 54.5 Å². The maximum absolute atomic E-state index is 13.4. The summed E-state index contributed by atoms with van der Waals surface area (Å²) in [6.07, 6.45) is -4.60. The van der Waals surface area contributed by atoms with Crippen molar-refractivity contribution in [3.05, 3.63) is 107 Å². The predicted molar refractivity (Wildman–Crippen MR) is 132 cm³/mol. The van der Waals surface area contributed by atoms with E-state index in [2.05, 4.69) is 16.0 Å². The van der Waals surface area contributed by atoms with Gasteiger partial charge < -0.3 is 20.7 Å². The van der Waals surface area contributed by atoms with Gasteiger partial charge >= 0.3 is 6.18 Å². The van der Waals surface area contributed by atoms with Gasteiger partial charge in [-0.1, -0.05) is 54.6 Å². The maximum atomic E-state index is 13.4. The molecule has 1 atom stereocenters. The number of halogens is 3. The molecule has 3 aromatic carbocycles. The van der Waals surface area contributed by atoms with Crippen LogP contribution in [0.25, 0.3) is 0 Å². The second-order valence-electron chi connectivity index (χ2n) is 7.91. The molecule has 4 rings (SSSR count). The van der Waals surface area contributed by atoms with Gasteiger partial charge in [0.2, 0.25) is 0 Å². The summed E-state index contributed by atoms with van der Waals surface area (Å²) in [6, 6.07) is 21.0. The second kappa shape index (κ2) is 10.2. The number of hydrogen-bond donors (Lipinski definition) is 3. The molecule has 0 saturated heterocycles. The summed E-state index contributed by atoms with van der Waals surface area (Å²) in [5.74, 6) is -0.0315. The first kappa shape index (κ1) is 24.3. The maximum Gasteiger partial charge on any atom is 0.418 e. The van der Waals surface area contributed by atoms with Crippen molar-refractivity contribution in [2.24, 2.45) is 0 Å². The number of amides is 1. The van der Waals surface area contributed by atoms with E-state index >= 15 is 0 Å². The lowest BCUT2D eigenvalue weighted by molar-refractivity contribution is -0.137. The highest BCUT2D eigenvalue weighted by Gasteiger charge is 2.35. The quantitative estimate of drug-likeness (QED) is 0.381. The summed E-state index contributed by atoms with van der Waals surface area (Å²) in [7, 11) is 0. The number of para-hydroxylation sites is 1. The van der Waals surface area contributed by atoms with Crippen LogP contribution in [0.1, 0.15) is 29.7 Å². The van der Waals surface area contributed by atoms with Crippen molar-refractivity contribution in [1.29, 1.82) is 0 Å². The number of nitrogens with one attached hydrogen (secondary N) is 3. The van der Waals surface area contributed by atoms with Crippen LogP contribution in [0.5, 0.6) is 5.75 Å². The van der Waals surface area contributed by atoms with Crippen LogP contribution in [0, 0.1) is 0 Å². The van der Waals surface area contributed by atoms with Gasteiger partial charge in [0.1, 0.15) is 12.4 Å². The number of alkyl halides is 3. The van der Waals surface area contributed by atoms with Gasteiger partial charge in [0.15, 0.2) is 5.11 Å². The highest BCUT2D eigenvalue weighted by molar-refractivity contribution is 7.80. The third kappa shape index (κ3) is 5.81. The Morgan fingerprint density at radius 3 is 2.34 bits per heavy atom. The molecule has 1 amide bonds. The van der Waals surface area contributed by atoms with Crippen molar-refractivity contribution in [3.63, 3.8) is 0 Å². The van der Waals surface area contributed by atoms with Gasteiger partial charge in [-0.15, -0.1) is 0 Å². The lowest BCUT2D eigenvalue weighted by Gasteiger charge is -2.30. The first-order valence-corrected chi connectivity index (χ1v) is 11.2. The molecule has 0 fully saturated rings. The van der Waals surface area contributed by atoms with Gasteiger partial charge in [-0.25, -0.2) is 0 Å². The lowest BCUT2D eigenvalue weighted by Crippen LogP contribution is -2.45. The first-order valence-electron chi connectivity index (χ1n) is 10.7. The Morgan fingerprint density at radius 1 is 1.00 bits per heavy atom. The van der Waals surface area contributed by atoms with Gasteiger partial charge in [0.25, 0.3) is 5.91 Å². The molecule has 0 radical (unpaired) electrons. The Morgan fingerprint density at radius 2 is 1.66 bits per heavy atom. The summed E-state index contributed by atoms with van der Waals surface area (Å²) in [4.78, 5) is 13.2. The van der Waals surface area contributed by atoms with Crippen LogP contribution >= 0.6 is 12.2 Å². The third-order valence-electron chi connectivity index (χ3n) is 5.46. The van der Waals surface area contributed by atoms with Crippen LogP contribution in [0.4, 0.5) is 18.9 Å². The molecule has 5 nitrogen and oxygen atoms in total. The molecule has 180 valence electrons. The standard InChI is InChI=1S/C26H22F3N3O2S/c1-16-22(24(33)31-21-10-6-5-9-20(21)26(27,28)29)23(32-25(35)30-16)18-11-13-19(14-12-18)34-15-17-7-3-2-4-8-17/h2-14,23H,15H2,1H3,(H,31,33)(H2,30,32,35). The van der Waals surface area contributed by atoms with E-state index in [-0.39, 0.29) is 11.3 Å². The van der Waals surface area contributed by atoms with E-state index < -0.39 is 23.7 Å². The number of carbonyl (C=O) groups excluding carboxylic acids is 1.